The summed E-state index contributed by atoms with van der Waals surface area (Å²) in [6, 6.07) is 8.17. The van der Waals surface area contributed by atoms with Gasteiger partial charge in [-0.2, -0.15) is 0 Å². The standard InChI is InChI=1S/C18H20N4OS/c23-18(22-16(12-5-6-12)17-19-9-10-24-17)20-8-7-13-11-21-15-4-2-1-3-14(13)15/h1-4,9-12,16,21H,5-8H2,(H2,20,22,23). The van der Waals surface area contributed by atoms with Gasteiger partial charge in [-0.3, -0.25) is 0 Å². The Hall–Kier alpha value is -2.34. The molecule has 1 fully saturated rings. The summed E-state index contributed by atoms with van der Waals surface area (Å²) in [6.45, 7) is 0.614. The summed E-state index contributed by atoms with van der Waals surface area (Å²) >= 11 is 1.61. The van der Waals surface area contributed by atoms with Gasteiger partial charge in [0.25, 0.3) is 0 Å². The number of carbonyl (C=O) groups excluding carboxylic acids is 1. The molecule has 1 unspecified atom stereocenters. The van der Waals surface area contributed by atoms with E-state index < -0.39 is 0 Å². The molecule has 2 aromatic heterocycles. The molecule has 1 aliphatic rings. The number of rotatable bonds is 6. The van der Waals surface area contributed by atoms with Crippen molar-refractivity contribution >= 4 is 28.3 Å². The van der Waals surface area contributed by atoms with Gasteiger partial charge >= 0.3 is 6.03 Å². The number of aromatic nitrogens is 2. The molecule has 0 spiro atoms. The van der Waals surface area contributed by atoms with Crippen LogP contribution in [0.3, 0.4) is 0 Å². The Morgan fingerprint density at radius 2 is 2.25 bits per heavy atom. The zero-order valence-electron chi connectivity index (χ0n) is 13.3. The highest BCUT2D eigenvalue weighted by Crippen LogP contribution is 2.41. The predicted octanol–water partition coefficient (Wildman–Crippen LogP) is 3.62. The van der Waals surface area contributed by atoms with Gasteiger partial charge in [0.1, 0.15) is 5.01 Å². The fraction of sp³-hybridized carbons (Fsp3) is 0.333. The van der Waals surface area contributed by atoms with E-state index in [2.05, 4.69) is 32.7 Å². The number of hydrogen-bond acceptors (Lipinski definition) is 3. The first-order chi connectivity index (χ1) is 11.8. The lowest BCUT2D eigenvalue weighted by Crippen LogP contribution is -2.39. The monoisotopic (exact) mass is 340 g/mol. The second-order valence-electron chi connectivity index (χ2n) is 6.20. The Morgan fingerprint density at radius 3 is 3.04 bits per heavy atom. The van der Waals surface area contributed by atoms with Crippen molar-refractivity contribution in [2.45, 2.75) is 25.3 Å². The third-order valence-corrected chi connectivity index (χ3v) is 5.31. The normalized spacial score (nSPS) is 15.3. The molecule has 4 rings (SSSR count). The lowest BCUT2D eigenvalue weighted by molar-refractivity contribution is 0.235. The molecule has 0 saturated heterocycles. The number of nitrogens with one attached hydrogen (secondary N) is 3. The number of thiazole rings is 1. The molecule has 2 heterocycles. The smallest absolute Gasteiger partial charge is 0.315 e. The molecular weight excluding hydrogens is 320 g/mol. The van der Waals surface area contributed by atoms with Crippen molar-refractivity contribution in [1.82, 2.24) is 20.6 Å². The van der Waals surface area contributed by atoms with Crippen molar-refractivity contribution in [1.29, 1.82) is 0 Å². The van der Waals surface area contributed by atoms with Crippen molar-refractivity contribution in [2.24, 2.45) is 5.92 Å². The zero-order valence-corrected chi connectivity index (χ0v) is 14.1. The molecule has 0 aliphatic heterocycles. The van der Waals surface area contributed by atoms with Gasteiger partial charge in [-0.25, -0.2) is 9.78 Å². The van der Waals surface area contributed by atoms with E-state index in [1.54, 1.807) is 17.5 Å². The number of para-hydroxylation sites is 1. The highest BCUT2D eigenvalue weighted by molar-refractivity contribution is 7.09. The molecule has 2 amide bonds. The van der Waals surface area contributed by atoms with Crippen LogP contribution < -0.4 is 10.6 Å². The fourth-order valence-corrected chi connectivity index (χ4v) is 3.82. The zero-order chi connectivity index (χ0) is 16.4. The van der Waals surface area contributed by atoms with Crippen LogP contribution in [0.25, 0.3) is 10.9 Å². The molecule has 1 aromatic carbocycles. The number of urea groups is 1. The van der Waals surface area contributed by atoms with Crippen LogP contribution in [-0.2, 0) is 6.42 Å². The highest BCUT2D eigenvalue weighted by Gasteiger charge is 2.34. The van der Waals surface area contributed by atoms with Gasteiger partial charge in [-0.05, 0) is 36.8 Å². The number of aromatic amines is 1. The largest absolute Gasteiger partial charge is 0.361 e. The van der Waals surface area contributed by atoms with Gasteiger partial charge in [-0.1, -0.05) is 18.2 Å². The summed E-state index contributed by atoms with van der Waals surface area (Å²) in [5.74, 6) is 0.538. The quantitative estimate of drug-likeness (QED) is 0.641. The molecule has 3 aromatic rings. The minimum absolute atomic E-state index is 0.0538. The molecule has 1 aliphatic carbocycles. The third-order valence-electron chi connectivity index (χ3n) is 4.45. The molecule has 1 saturated carbocycles. The molecular formula is C18H20N4OS. The van der Waals surface area contributed by atoms with Crippen LogP contribution in [0.4, 0.5) is 4.79 Å². The van der Waals surface area contributed by atoms with Crippen LogP contribution in [0.1, 0.15) is 29.5 Å². The van der Waals surface area contributed by atoms with Crippen LogP contribution in [0.2, 0.25) is 0 Å². The molecule has 124 valence electrons. The minimum atomic E-state index is -0.109. The van der Waals surface area contributed by atoms with E-state index in [4.69, 9.17) is 0 Å². The lowest BCUT2D eigenvalue weighted by Gasteiger charge is -2.16. The van der Waals surface area contributed by atoms with Crippen molar-refractivity contribution in [3.05, 3.63) is 52.6 Å². The number of amides is 2. The lowest BCUT2D eigenvalue weighted by atomic mass is 10.1. The number of H-pyrrole nitrogens is 1. The molecule has 5 nitrogen and oxygen atoms in total. The number of carbonyl (C=O) groups is 1. The van der Waals surface area contributed by atoms with E-state index in [0.29, 0.717) is 12.5 Å². The molecule has 0 bridgehead atoms. The van der Waals surface area contributed by atoms with E-state index in [1.807, 2.05) is 23.7 Å². The van der Waals surface area contributed by atoms with Gasteiger partial charge in [0.2, 0.25) is 0 Å². The van der Waals surface area contributed by atoms with E-state index >= 15 is 0 Å². The topological polar surface area (TPSA) is 69.8 Å². The van der Waals surface area contributed by atoms with E-state index in [-0.39, 0.29) is 12.1 Å². The molecule has 24 heavy (non-hydrogen) atoms. The minimum Gasteiger partial charge on any atom is -0.361 e. The Balaban J connectivity index is 1.32. The summed E-state index contributed by atoms with van der Waals surface area (Å²) in [7, 11) is 0. The summed E-state index contributed by atoms with van der Waals surface area (Å²) in [6.07, 6.45) is 6.96. The molecule has 1 atom stereocenters. The number of fused-ring (bicyclic) bond motifs is 1. The van der Waals surface area contributed by atoms with Crippen LogP contribution in [0.5, 0.6) is 0 Å². The second kappa shape index (κ2) is 6.65. The van der Waals surface area contributed by atoms with Crippen LogP contribution in [0, 0.1) is 5.92 Å². The van der Waals surface area contributed by atoms with Gasteiger partial charge < -0.3 is 15.6 Å². The van der Waals surface area contributed by atoms with Gasteiger partial charge in [0.15, 0.2) is 0 Å². The molecule has 3 N–H and O–H groups in total. The van der Waals surface area contributed by atoms with Crippen molar-refractivity contribution in [3.8, 4) is 0 Å². The second-order valence-corrected chi connectivity index (χ2v) is 7.12. The Kier molecular flexibility index (Phi) is 4.21. The average Bonchev–Trinajstić information content (AvgIpc) is 3.13. The Labute approximate surface area is 144 Å². The van der Waals surface area contributed by atoms with E-state index in [9.17, 15) is 4.79 Å². The van der Waals surface area contributed by atoms with Crippen molar-refractivity contribution in [2.75, 3.05) is 6.54 Å². The number of hydrogen-bond donors (Lipinski definition) is 3. The summed E-state index contributed by atoms with van der Waals surface area (Å²) in [5.41, 5.74) is 2.36. The van der Waals surface area contributed by atoms with E-state index in [1.165, 1.54) is 23.8 Å². The fourth-order valence-electron chi connectivity index (χ4n) is 3.04. The molecule has 0 radical (unpaired) electrons. The van der Waals surface area contributed by atoms with Gasteiger partial charge in [0, 0.05) is 35.2 Å². The van der Waals surface area contributed by atoms with Crippen LogP contribution >= 0.6 is 11.3 Å². The first-order valence-electron chi connectivity index (χ1n) is 8.30. The maximum Gasteiger partial charge on any atom is 0.315 e. The molecule has 6 heteroatoms. The first kappa shape index (κ1) is 15.2. The van der Waals surface area contributed by atoms with E-state index in [0.717, 1.165) is 16.9 Å². The maximum atomic E-state index is 12.2. The predicted molar refractivity (Wildman–Crippen MR) is 96.1 cm³/mol. The first-order valence-corrected chi connectivity index (χ1v) is 9.18. The van der Waals surface area contributed by atoms with Gasteiger partial charge in [-0.15, -0.1) is 11.3 Å². The Bertz CT molecular complexity index is 823. The van der Waals surface area contributed by atoms with Crippen LogP contribution in [-0.4, -0.2) is 22.5 Å². The summed E-state index contributed by atoms with van der Waals surface area (Å²) in [5, 5.41) is 10.2. The van der Waals surface area contributed by atoms with Crippen molar-refractivity contribution in [3.63, 3.8) is 0 Å². The van der Waals surface area contributed by atoms with Gasteiger partial charge in [0.05, 0.1) is 6.04 Å². The number of nitrogens with zero attached hydrogens (tertiary/aromatic N) is 1. The average molecular weight is 340 g/mol. The third kappa shape index (κ3) is 3.28. The highest BCUT2D eigenvalue weighted by atomic mass is 32.1. The summed E-state index contributed by atoms with van der Waals surface area (Å²) < 4.78 is 0. The number of benzene rings is 1. The SMILES string of the molecule is O=C(NCCc1c[nH]c2ccccc12)NC(c1nccs1)C1CC1. The summed E-state index contributed by atoms with van der Waals surface area (Å²) in [4.78, 5) is 19.8. The Morgan fingerprint density at radius 1 is 1.38 bits per heavy atom. The van der Waals surface area contributed by atoms with Crippen molar-refractivity contribution < 1.29 is 4.79 Å². The van der Waals surface area contributed by atoms with Crippen LogP contribution in [0.15, 0.2) is 42.0 Å². The maximum absolute atomic E-state index is 12.2.